The van der Waals surface area contributed by atoms with E-state index >= 15 is 0 Å². The molecular weight excluding hydrogens is 440 g/mol. The van der Waals surface area contributed by atoms with Crippen LogP contribution in [0.25, 0.3) is 0 Å². The fraction of sp³-hybridized carbons (Fsp3) is 0.0952. The Hall–Kier alpha value is -3.34. The van der Waals surface area contributed by atoms with Crippen molar-refractivity contribution in [2.75, 3.05) is 18.5 Å². The van der Waals surface area contributed by atoms with Gasteiger partial charge in [-0.2, -0.15) is 4.72 Å². The van der Waals surface area contributed by atoms with Crippen LogP contribution >= 0.6 is 11.3 Å². The van der Waals surface area contributed by atoms with Gasteiger partial charge < -0.3 is 10.1 Å². The van der Waals surface area contributed by atoms with Gasteiger partial charge in [0.2, 0.25) is 0 Å². The molecule has 1 aromatic heterocycles. The van der Waals surface area contributed by atoms with Gasteiger partial charge in [0.1, 0.15) is 10.8 Å². The fourth-order valence-corrected chi connectivity index (χ4v) is 4.46. The van der Waals surface area contributed by atoms with Crippen molar-refractivity contribution in [3.05, 3.63) is 83.2 Å². The van der Waals surface area contributed by atoms with Crippen molar-refractivity contribution in [3.63, 3.8) is 0 Å². The Bertz CT molecular complexity index is 1160. The average molecular weight is 459 g/mol. The third-order valence-corrected chi connectivity index (χ3v) is 6.83. The lowest BCUT2D eigenvalue weighted by Crippen LogP contribution is -2.31. The number of nitrogens with one attached hydrogen (secondary N) is 2. The molecule has 2 N–H and O–H groups in total. The summed E-state index contributed by atoms with van der Waals surface area (Å²) in [6.45, 7) is -1.12. The van der Waals surface area contributed by atoms with Gasteiger partial charge in [0, 0.05) is 16.8 Å². The Kier molecular flexibility index (Phi) is 7.29. The summed E-state index contributed by atoms with van der Waals surface area (Å²) in [6, 6.07) is 17.8. The lowest BCUT2D eigenvalue weighted by atomic mass is 10.1. The van der Waals surface area contributed by atoms with E-state index in [9.17, 15) is 22.8 Å². The number of anilines is 1. The zero-order valence-electron chi connectivity index (χ0n) is 16.1. The van der Waals surface area contributed by atoms with Gasteiger partial charge in [-0.1, -0.05) is 24.3 Å². The van der Waals surface area contributed by atoms with Crippen molar-refractivity contribution in [1.29, 1.82) is 0 Å². The van der Waals surface area contributed by atoms with Crippen LogP contribution in [0.2, 0.25) is 0 Å². The smallest absolute Gasteiger partial charge is 0.321 e. The lowest BCUT2D eigenvalue weighted by Gasteiger charge is -2.08. The topological polar surface area (TPSA) is 119 Å². The number of rotatable bonds is 9. The Balaban J connectivity index is 1.47. The summed E-state index contributed by atoms with van der Waals surface area (Å²) in [5.41, 5.74) is 1.29. The number of amides is 1. The van der Waals surface area contributed by atoms with E-state index in [1.54, 1.807) is 47.8 Å². The highest BCUT2D eigenvalue weighted by molar-refractivity contribution is 7.91. The van der Waals surface area contributed by atoms with Crippen LogP contribution in [0.15, 0.2) is 76.3 Å². The number of sulfonamides is 1. The summed E-state index contributed by atoms with van der Waals surface area (Å²) >= 11 is 1.02. The van der Waals surface area contributed by atoms with Gasteiger partial charge in [0.05, 0.1) is 0 Å². The minimum atomic E-state index is -3.79. The third-order valence-electron chi connectivity index (χ3n) is 4.03. The highest BCUT2D eigenvalue weighted by atomic mass is 32.2. The Morgan fingerprint density at radius 2 is 1.58 bits per heavy atom. The van der Waals surface area contributed by atoms with Crippen LogP contribution in [-0.4, -0.2) is 39.2 Å². The van der Waals surface area contributed by atoms with E-state index in [1.807, 2.05) is 6.07 Å². The number of esters is 1. The summed E-state index contributed by atoms with van der Waals surface area (Å²) in [5, 5.41) is 4.32. The van der Waals surface area contributed by atoms with Gasteiger partial charge in [0.15, 0.2) is 12.4 Å². The molecule has 0 fully saturated rings. The standard InChI is InChI=1S/C21H18N2O6S2/c24-18(14-29-19(25)13-22-31(27,28)20-7-4-12-30-20)15-8-10-17(11-9-15)23-21(26)16-5-2-1-3-6-16/h1-12,22H,13-14H2,(H,23,26). The van der Waals surface area contributed by atoms with Crippen molar-refractivity contribution in [2.45, 2.75) is 4.21 Å². The van der Waals surface area contributed by atoms with Crippen LogP contribution in [-0.2, 0) is 19.6 Å². The van der Waals surface area contributed by atoms with Crippen molar-refractivity contribution >= 4 is 44.7 Å². The first-order valence-electron chi connectivity index (χ1n) is 9.03. The Morgan fingerprint density at radius 3 is 2.23 bits per heavy atom. The van der Waals surface area contributed by atoms with Gasteiger partial charge in [-0.3, -0.25) is 14.4 Å². The van der Waals surface area contributed by atoms with E-state index in [-0.39, 0.29) is 15.7 Å². The van der Waals surface area contributed by atoms with E-state index < -0.39 is 34.9 Å². The van der Waals surface area contributed by atoms with Gasteiger partial charge in [-0.15, -0.1) is 11.3 Å². The van der Waals surface area contributed by atoms with Gasteiger partial charge in [-0.25, -0.2) is 8.42 Å². The molecule has 160 valence electrons. The van der Waals surface area contributed by atoms with Gasteiger partial charge in [0.25, 0.3) is 15.9 Å². The third kappa shape index (κ3) is 6.32. The minimum Gasteiger partial charge on any atom is -0.456 e. The highest BCUT2D eigenvalue weighted by Gasteiger charge is 2.18. The van der Waals surface area contributed by atoms with E-state index in [2.05, 4.69) is 10.0 Å². The van der Waals surface area contributed by atoms with Crippen LogP contribution in [0.3, 0.4) is 0 Å². The van der Waals surface area contributed by atoms with Crippen molar-refractivity contribution in [3.8, 4) is 0 Å². The van der Waals surface area contributed by atoms with Crippen LogP contribution in [0.4, 0.5) is 5.69 Å². The highest BCUT2D eigenvalue weighted by Crippen LogP contribution is 2.15. The van der Waals surface area contributed by atoms with E-state index in [1.165, 1.54) is 18.2 Å². The zero-order chi connectivity index (χ0) is 22.3. The molecule has 0 saturated heterocycles. The molecule has 1 heterocycles. The van der Waals surface area contributed by atoms with E-state index in [4.69, 9.17) is 4.74 Å². The molecule has 8 nitrogen and oxygen atoms in total. The molecule has 0 radical (unpaired) electrons. The van der Waals surface area contributed by atoms with Crippen molar-refractivity contribution < 1.29 is 27.5 Å². The second-order valence-electron chi connectivity index (χ2n) is 6.24. The summed E-state index contributed by atoms with van der Waals surface area (Å²) in [4.78, 5) is 36.1. The molecule has 1 amide bonds. The zero-order valence-corrected chi connectivity index (χ0v) is 17.7. The van der Waals surface area contributed by atoms with Crippen molar-refractivity contribution in [1.82, 2.24) is 4.72 Å². The van der Waals surface area contributed by atoms with E-state index in [0.29, 0.717) is 11.3 Å². The maximum Gasteiger partial charge on any atom is 0.321 e. The number of ketones is 1. The quantitative estimate of drug-likeness (QED) is 0.376. The molecule has 0 aliphatic heterocycles. The number of benzene rings is 2. The van der Waals surface area contributed by atoms with Crippen LogP contribution in [0.1, 0.15) is 20.7 Å². The number of carbonyl (C=O) groups is 3. The van der Waals surface area contributed by atoms with Crippen LogP contribution < -0.4 is 10.0 Å². The predicted molar refractivity (Wildman–Crippen MR) is 116 cm³/mol. The second-order valence-corrected chi connectivity index (χ2v) is 9.18. The fourth-order valence-electron chi connectivity index (χ4n) is 2.45. The van der Waals surface area contributed by atoms with Gasteiger partial charge in [-0.05, 0) is 47.8 Å². The number of ether oxygens (including phenoxy) is 1. The molecule has 10 heteroatoms. The summed E-state index contributed by atoms with van der Waals surface area (Å²) in [5.74, 6) is -1.62. The monoisotopic (exact) mass is 458 g/mol. The van der Waals surface area contributed by atoms with Crippen molar-refractivity contribution in [2.24, 2.45) is 0 Å². The average Bonchev–Trinajstić information content (AvgIpc) is 3.33. The molecule has 31 heavy (non-hydrogen) atoms. The molecule has 0 aliphatic rings. The van der Waals surface area contributed by atoms with Crippen LogP contribution in [0, 0.1) is 0 Å². The molecule has 0 saturated carbocycles. The summed E-state index contributed by atoms with van der Waals surface area (Å²) < 4.78 is 30.9. The maximum atomic E-state index is 12.2. The first-order valence-corrected chi connectivity index (χ1v) is 11.4. The molecular formula is C21H18N2O6S2. The number of thiophene rings is 1. The molecule has 0 spiro atoms. The normalized spacial score (nSPS) is 11.0. The molecule has 0 atom stereocenters. The second kappa shape index (κ2) is 10.1. The number of hydrogen-bond donors (Lipinski definition) is 2. The van der Waals surface area contributed by atoms with E-state index in [0.717, 1.165) is 11.3 Å². The SMILES string of the molecule is O=C(CNS(=O)(=O)c1cccs1)OCC(=O)c1ccc(NC(=O)c2ccccc2)cc1. The molecule has 2 aromatic carbocycles. The number of Topliss-reactive ketones (excluding diaryl/α,β-unsaturated/α-hetero) is 1. The molecule has 0 bridgehead atoms. The molecule has 3 rings (SSSR count). The predicted octanol–water partition coefficient (Wildman–Crippen LogP) is 2.70. The Labute approximate surface area is 182 Å². The van der Waals surface area contributed by atoms with Crippen LogP contribution in [0.5, 0.6) is 0 Å². The molecule has 0 unspecified atom stereocenters. The lowest BCUT2D eigenvalue weighted by molar-refractivity contribution is -0.141. The molecule has 3 aromatic rings. The summed E-state index contributed by atoms with van der Waals surface area (Å²) in [6.07, 6.45) is 0. The van der Waals surface area contributed by atoms with Gasteiger partial charge >= 0.3 is 5.97 Å². The largest absolute Gasteiger partial charge is 0.456 e. The molecule has 0 aliphatic carbocycles. The number of carbonyl (C=O) groups excluding carboxylic acids is 3. The first-order chi connectivity index (χ1) is 14.8. The summed E-state index contributed by atoms with van der Waals surface area (Å²) in [7, 11) is -3.79. The Morgan fingerprint density at radius 1 is 0.871 bits per heavy atom. The number of hydrogen-bond acceptors (Lipinski definition) is 7. The maximum absolute atomic E-state index is 12.2. The minimum absolute atomic E-state index is 0.0795. The first kappa shape index (κ1) is 22.3.